The Hall–Kier alpha value is -1.01. The molecule has 5 nitrogen and oxygen atoms in total. The molecule has 1 aromatic heterocycles. The molecule has 2 heterocycles. The number of nitrogens with zero attached hydrogens (tertiary/aromatic N) is 2. The van der Waals surface area contributed by atoms with Gasteiger partial charge < -0.3 is 9.84 Å². The van der Waals surface area contributed by atoms with Crippen LogP contribution in [0, 0.1) is 0 Å². The lowest BCUT2D eigenvalue weighted by molar-refractivity contribution is -0.172. The SMILES string of the molecule is O=C(O)C1(Cc2csnn2)CCCCO1. The normalized spacial score (nSPS) is 26.4. The van der Waals surface area contributed by atoms with Crippen LogP contribution in [-0.2, 0) is 16.0 Å². The molecule has 0 aliphatic carbocycles. The van der Waals surface area contributed by atoms with Crippen LogP contribution in [-0.4, -0.2) is 32.9 Å². The van der Waals surface area contributed by atoms with Crippen LogP contribution in [0.2, 0.25) is 0 Å². The standard InChI is InChI=1S/C9H12N2O3S/c12-8(13)9(3-1-2-4-14-9)5-7-6-15-11-10-7/h6H,1-5H2,(H,12,13). The van der Waals surface area contributed by atoms with E-state index in [1.165, 1.54) is 11.5 Å². The van der Waals surface area contributed by atoms with Crippen molar-refractivity contribution in [3.05, 3.63) is 11.1 Å². The predicted molar refractivity (Wildman–Crippen MR) is 53.8 cm³/mol. The molecule has 1 atom stereocenters. The first-order chi connectivity index (χ1) is 7.23. The molecule has 6 heteroatoms. The van der Waals surface area contributed by atoms with Gasteiger partial charge in [0.2, 0.25) is 0 Å². The summed E-state index contributed by atoms with van der Waals surface area (Å²) in [5.74, 6) is -0.893. The molecule has 2 rings (SSSR count). The van der Waals surface area contributed by atoms with Crippen molar-refractivity contribution in [1.29, 1.82) is 0 Å². The maximum Gasteiger partial charge on any atom is 0.336 e. The lowest BCUT2D eigenvalue weighted by atomic mass is 9.89. The first-order valence-corrected chi connectivity index (χ1v) is 5.70. The number of carbonyl (C=O) groups is 1. The van der Waals surface area contributed by atoms with Gasteiger partial charge in [-0.3, -0.25) is 0 Å². The molecule has 1 N–H and O–H groups in total. The molecule has 1 aliphatic heterocycles. The monoisotopic (exact) mass is 228 g/mol. The summed E-state index contributed by atoms with van der Waals surface area (Å²) in [6.45, 7) is 0.518. The molecular weight excluding hydrogens is 216 g/mol. The summed E-state index contributed by atoms with van der Waals surface area (Å²) in [5, 5.41) is 14.8. The van der Waals surface area contributed by atoms with Crippen molar-refractivity contribution in [2.45, 2.75) is 31.3 Å². The summed E-state index contributed by atoms with van der Waals surface area (Å²) >= 11 is 1.23. The van der Waals surface area contributed by atoms with Gasteiger partial charge >= 0.3 is 5.97 Å². The quantitative estimate of drug-likeness (QED) is 0.838. The summed E-state index contributed by atoms with van der Waals surface area (Å²) in [4.78, 5) is 11.2. The van der Waals surface area contributed by atoms with E-state index in [0.717, 1.165) is 12.8 Å². The van der Waals surface area contributed by atoms with Crippen molar-refractivity contribution < 1.29 is 14.6 Å². The van der Waals surface area contributed by atoms with Crippen LogP contribution in [0.4, 0.5) is 0 Å². The Bertz CT molecular complexity index is 333. The van der Waals surface area contributed by atoms with Crippen LogP contribution in [0.25, 0.3) is 0 Å². The van der Waals surface area contributed by atoms with Crippen LogP contribution in [0.5, 0.6) is 0 Å². The summed E-state index contributed by atoms with van der Waals surface area (Å²) in [6.07, 6.45) is 2.70. The van der Waals surface area contributed by atoms with Gasteiger partial charge in [-0.25, -0.2) is 4.79 Å². The Morgan fingerprint density at radius 1 is 1.67 bits per heavy atom. The first-order valence-electron chi connectivity index (χ1n) is 4.86. The highest BCUT2D eigenvalue weighted by atomic mass is 32.1. The van der Waals surface area contributed by atoms with Crippen molar-refractivity contribution in [2.24, 2.45) is 0 Å². The summed E-state index contributed by atoms with van der Waals surface area (Å²) in [5.41, 5.74) is -0.377. The van der Waals surface area contributed by atoms with E-state index in [9.17, 15) is 9.90 Å². The van der Waals surface area contributed by atoms with E-state index in [0.29, 0.717) is 25.1 Å². The zero-order valence-corrected chi connectivity index (χ0v) is 9.00. The average molecular weight is 228 g/mol. The highest BCUT2D eigenvalue weighted by molar-refractivity contribution is 7.03. The molecule has 1 aliphatic rings. The zero-order chi connectivity index (χ0) is 10.7. The van der Waals surface area contributed by atoms with Crippen molar-refractivity contribution in [3.8, 4) is 0 Å². The Morgan fingerprint density at radius 3 is 3.07 bits per heavy atom. The number of carboxylic acid groups (broad SMARTS) is 1. The largest absolute Gasteiger partial charge is 0.479 e. The third-order valence-corrected chi connectivity index (χ3v) is 3.17. The number of aromatic nitrogens is 2. The molecule has 1 fully saturated rings. The summed E-state index contributed by atoms with van der Waals surface area (Å²) in [7, 11) is 0. The summed E-state index contributed by atoms with van der Waals surface area (Å²) < 4.78 is 9.16. The van der Waals surface area contributed by atoms with E-state index in [4.69, 9.17) is 4.74 Å². The fraction of sp³-hybridized carbons (Fsp3) is 0.667. The highest BCUT2D eigenvalue weighted by Gasteiger charge is 2.41. The van der Waals surface area contributed by atoms with Crippen LogP contribution < -0.4 is 0 Å². The van der Waals surface area contributed by atoms with Gasteiger partial charge in [0.05, 0.1) is 5.69 Å². The smallest absolute Gasteiger partial charge is 0.336 e. The highest BCUT2D eigenvalue weighted by Crippen LogP contribution is 2.28. The third-order valence-electron chi connectivity index (χ3n) is 2.61. The number of rotatable bonds is 3. The fourth-order valence-corrected chi connectivity index (χ4v) is 2.24. The minimum Gasteiger partial charge on any atom is -0.479 e. The molecule has 0 bridgehead atoms. The fourth-order valence-electron chi connectivity index (χ4n) is 1.79. The molecule has 1 saturated heterocycles. The van der Waals surface area contributed by atoms with Gasteiger partial charge in [0, 0.05) is 18.4 Å². The third kappa shape index (κ3) is 2.15. The second-order valence-electron chi connectivity index (χ2n) is 3.68. The Morgan fingerprint density at radius 2 is 2.53 bits per heavy atom. The predicted octanol–water partition coefficient (Wildman–Crippen LogP) is 1.10. The molecule has 0 radical (unpaired) electrons. The van der Waals surface area contributed by atoms with Crippen molar-refractivity contribution in [3.63, 3.8) is 0 Å². The van der Waals surface area contributed by atoms with Gasteiger partial charge in [0.25, 0.3) is 0 Å². The molecule has 0 amide bonds. The van der Waals surface area contributed by atoms with Crippen molar-refractivity contribution >= 4 is 17.5 Å². The zero-order valence-electron chi connectivity index (χ0n) is 8.18. The van der Waals surface area contributed by atoms with Crippen molar-refractivity contribution in [1.82, 2.24) is 9.59 Å². The van der Waals surface area contributed by atoms with E-state index in [1.54, 1.807) is 5.38 Å². The number of carboxylic acids is 1. The maximum atomic E-state index is 11.2. The number of ether oxygens (including phenoxy) is 1. The molecule has 82 valence electrons. The lowest BCUT2D eigenvalue weighted by Crippen LogP contribution is -2.46. The number of hydrogen-bond donors (Lipinski definition) is 1. The average Bonchev–Trinajstić information content (AvgIpc) is 2.71. The molecular formula is C9H12N2O3S. The molecule has 1 unspecified atom stereocenters. The second-order valence-corrected chi connectivity index (χ2v) is 4.29. The van der Waals surface area contributed by atoms with Gasteiger partial charge in [-0.15, -0.1) is 5.10 Å². The van der Waals surface area contributed by atoms with Gasteiger partial charge in [0.15, 0.2) is 5.60 Å². The number of aliphatic carboxylic acids is 1. The molecule has 15 heavy (non-hydrogen) atoms. The molecule has 1 aromatic rings. The molecule has 0 aromatic carbocycles. The first kappa shape index (κ1) is 10.5. The number of hydrogen-bond acceptors (Lipinski definition) is 5. The Kier molecular flexibility index (Phi) is 2.97. The van der Waals surface area contributed by atoms with Crippen LogP contribution in [0.15, 0.2) is 5.38 Å². The molecule has 0 saturated carbocycles. The Labute approximate surface area is 91.2 Å². The van der Waals surface area contributed by atoms with Gasteiger partial charge in [-0.2, -0.15) is 0 Å². The lowest BCUT2D eigenvalue weighted by Gasteiger charge is -2.32. The van der Waals surface area contributed by atoms with E-state index in [-0.39, 0.29) is 0 Å². The molecule has 0 spiro atoms. The Balaban J connectivity index is 2.15. The van der Waals surface area contributed by atoms with Gasteiger partial charge in [0.1, 0.15) is 0 Å². The van der Waals surface area contributed by atoms with Crippen LogP contribution in [0.3, 0.4) is 0 Å². The van der Waals surface area contributed by atoms with E-state index >= 15 is 0 Å². The van der Waals surface area contributed by atoms with E-state index in [1.807, 2.05) is 0 Å². The van der Waals surface area contributed by atoms with Crippen LogP contribution >= 0.6 is 11.5 Å². The minimum atomic E-state index is -1.08. The maximum absolute atomic E-state index is 11.2. The van der Waals surface area contributed by atoms with Crippen molar-refractivity contribution in [2.75, 3.05) is 6.61 Å². The summed E-state index contributed by atoms with van der Waals surface area (Å²) in [6, 6.07) is 0. The van der Waals surface area contributed by atoms with Gasteiger partial charge in [-0.1, -0.05) is 4.49 Å². The topological polar surface area (TPSA) is 72.3 Å². The van der Waals surface area contributed by atoms with E-state index < -0.39 is 11.6 Å². The minimum absolute atomic E-state index is 0.318. The van der Waals surface area contributed by atoms with E-state index in [2.05, 4.69) is 9.59 Å². The van der Waals surface area contributed by atoms with Gasteiger partial charge in [-0.05, 0) is 30.8 Å². The van der Waals surface area contributed by atoms with Crippen LogP contribution in [0.1, 0.15) is 25.0 Å². The second kappa shape index (κ2) is 4.24.